The van der Waals surface area contributed by atoms with E-state index in [0.717, 1.165) is 57.2 Å². The number of likely N-dealkylation sites (tertiary alicyclic amines) is 1. The number of carbonyl (C=O) groups excluding carboxylic acids is 2. The zero-order valence-corrected chi connectivity index (χ0v) is 16.0. The van der Waals surface area contributed by atoms with E-state index in [9.17, 15) is 9.59 Å². The van der Waals surface area contributed by atoms with Crippen LogP contribution in [0.2, 0.25) is 0 Å². The zero-order valence-electron chi connectivity index (χ0n) is 16.0. The van der Waals surface area contributed by atoms with Crippen molar-refractivity contribution in [2.24, 2.45) is 11.8 Å². The Morgan fingerprint density at radius 3 is 2.56 bits per heavy atom. The molecule has 2 aliphatic heterocycles. The monoisotopic (exact) mass is 370 g/mol. The molecule has 2 heterocycles. The van der Waals surface area contributed by atoms with Crippen LogP contribution in [-0.2, 0) is 20.9 Å². The van der Waals surface area contributed by atoms with Gasteiger partial charge in [0.25, 0.3) is 0 Å². The molecule has 0 bridgehead atoms. The molecule has 3 fully saturated rings. The summed E-state index contributed by atoms with van der Waals surface area (Å²) in [4.78, 5) is 29.7. The Kier molecular flexibility index (Phi) is 5.77. The number of hydrogen-bond donors (Lipinski definition) is 0. The normalized spacial score (nSPS) is 25.4. The Labute approximate surface area is 161 Å². The molecule has 146 valence electrons. The van der Waals surface area contributed by atoms with Gasteiger partial charge in [-0.05, 0) is 44.1 Å². The Bertz CT molecular complexity index is 653. The number of ether oxygens (including phenoxy) is 1. The third-order valence-corrected chi connectivity index (χ3v) is 5.98. The van der Waals surface area contributed by atoms with Crippen molar-refractivity contribution < 1.29 is 14.3 Å². The quantitative estimate of drug-likeness (QED) is 0.774. The number of rotatable bonds is 6. The lowest BCUT2D eigenvalue weighted by atomic mass is 9.95. The molecule has 1 aliphatic carbocycles. The highest BCUT2D eigenvalue weighted by molar-refractivity contribution is 5.83. The molecule has 2 unspecified atom stereocenters. The highest BCUT2D eigenvalue weighted by Crippen LogP contribution is 2.33. The predicted molar refractivity (Wildman–Crippen MR) is 103 cm³/mol. The molecule has 3 aliphatic rings. The molecule has 0 aromatic heterocycles. The molecule has 2 saturated heterocycles. The number of amides is 2. The first-order valence-electron chi connectivity index (χ1n) is 10.4. The van der Waals surface area contributed by atoms with Gasteiger partial charge in [-0.1, -0.05) is 30.3 Å². The van der Waals surface area contributed by atoms with Crippen LogP contribution >= 0.6 is 0 Å². The Morgan fingerprint density at radius 1 is 1.04 bits per heavy atom. The highest BCUT2D eigenvalue weighted by atomic mass is 16.5. The molecule has 2 amide bonds. The first-order valence-corrected chi connectivity index (χ1v) is 10.4. The lowest BCUT2D eigenvalue weighted by Gasteiger charge is -2.36. The minimum Gasteiger partial charge on any atom is -0.376 e. The van der Waals surface area contributed by atoms with Crippen LogP contribution in [0.25, 0.3) is 0 Å². The summed E-state index contributed by atoms with van der Waals surface area (Å²) in [6.45, 7) is 3.47. The van der Waals surface area contributed by atoms with E-state index in [0.29, 0.717) is 19.6 Å². The molecule has 1 aromatic rings. The minimum absolute atomic E-state index is 0.0773. The second-order valence-electron chi connectivity index (χ2n) is 8.24. The fourth-order valence-corrected chi connectivity index (χ4v) is 4.30. The molecule has 4 rings (SSSR count). The molecule has 0 N–H and O–H groups in total. The molecule has 1 saturated carbocycles. The summed E-state index contributed by atoms with van der Waals surface area (Å²) < 4.78 is 5.80. The summed E-state index contributed by atoms with van der Waals surface area (Å²) in [5, 5.41) is 0. The average molecular weight is 370 g/mol. The molecule has 0 radical (unpaired) electrons. The van der Waals surface area contributed by atoms with E-state index in [1.807, 2.05) is 28.0 Å². The number of hydrogen-bond acceptors (Lipinski definition) is 3. The van der Waals surface area contributed by atoms with Gasteiger partial charge in [-0.2, -0.15) is 0 Å². The minimum atomic E-state index is -0.0773. The average Bonchev–Trinajstić information content (AvgIpc) is 3.44. The van der Waals surface area contributed by atoms with Crippen LogP contribution in [0, 0.1) is 11.8 Å². The number of piperidine rings is 1. The van der Waals surface area contributed by atoms with E-state index in [1.54, 1.807) is 0 Å². The Morgan fingerprint density at radius 2 is 1.85 bits per heavy atom. The molecule has 0 spiro atoms. The first kappa shape index (κ1) is 18.5. The third-order valence-electron chi connectivity index (χ3n) is 5.98. The second kappa shape index (κ2) is 8.42. The lowest BCUT2D eigenvalue weighted by Crippen LogP contribution is -2.48. The second-order valence-corrected chi connectivity index (χ2v) is 8.24. The van der Waals surface area contributed by atoms with Gasteiger partial charge in [0, 0.05) is 38.7 Å². The van der Waals surface area contributed by atoms with Gasteiger partial charge < -0.3 is 14.5 Å². The van der Waals surface area contributed by atoms with E-state index in [-0.39, 0.29) is 29.8 Å². The van der Waals surface area contributed by atoms with Crippen molar-refractivity contribution >= 4 is 11.8 Å². The summed E-state index contributed by atoms with van der Waals surface area (Å²) in [5.74, 6) is 0.599. The fraction of sp³-hybridized carbons (Fsp3) is 0.636. The number of benzene rings is 1. The van der Waals surface area contributed by atoms with Crippen LogP contribution in [0.5, 0.6) is 0 Å². The van der Waals surface area contributed by atoms with Crippen molar-refractivity contribution in [2.75, 3.05) is 26.2 Å². The summed E-state index contributed by atoms with van der Waals surface area (Å²) in [6.07, 6.45) is 6.09. The standard InChI is InChI=1S/C22H30N2O3/c25-21(18-10-11-18)23-12-4-8-19(15-23)22(26)24(16-20-9-5-13-27-20)14-17-6-2-1-3-7-17/h1-3,6-7,18-20H,4-5,8-16H2. The van der Waals surface area contributed by atoms with Crippen LogP contribution in [0.15, 0.2) is 30.3 Å². The van der Waals surface area contributed by atoms with Gasteiger partial charge in [0.2, 0.25) is 11.8 Å². The third kappa shape index (κ3) is 4.70. The van der Waals surface area contributed by atoms with E-state index in [4.69, 9.17) is 4.74 Å². The SMILES string of the molecule is O=C(C1CCCN(C(=O)C2CC2)C1)N(Cc1ccccc1)CC1CCCO1. The highest BCUT2D eigenvalue weighted by Gasteiger charge is 2.38. The lowest BCUT2D eigenvalue weighted by molar-refractivity contribution is -0.143. The summed E-state index contributed by atoms with van der Waals surface area (Å²) in [6, 6.07) is 10.2. The van der Waals surface area contributed by atoms with Crippen molar-refractivity contribution in [1.82, 2.24) is 9.80 Å². The van der Waals surface area contributed by atoms with Crippen LogP contribution in [0.3, 0.4) is 0 Å². The molecule has 27 heavy (non-hydrogen) atoms. The topological polar surface area (TPSA) is 49.9 Å². The predicted octanol–water partition coefficient (Wildman–Crippen LogP) is 2.84. The number of carbonyl (C=O) groups is 2. The van der Waals surface area contributed by atoms with Gasteiger partial charge in [-0.15, -0.1) is 0 Å². The maximum atomic E-state index is 13.4. The van der Waals surface area contributed by atoms with Gasteiger partial charge in [-0.3, -0.25) is 9.59 Å². The Balaban J connectivity index is 1.44. The van der Waals surface area contributed by atoms with Gasteiger partial charge >= 0.3 is 0 Å². The zero-order chi connectivity index (χ0) is 18.6. The number of nitrogens with zero attached hydrogens (tertiary/aromatic N) is 2. The summed E-state index contributed by atoms with van der Waals surface area (Å²) in [7, 11) is 0. The maximum absolute atomic E-state index is 13.4. The smallest absolute Gasteiger partial charge is 0.227 e. The van der Waals surface area contributed by atoms with Crippen LogP contribution in [0.4, 0.5) is 0 Å². The van der Waals surface area contributed by atoms with E-state index in [1.165, 1.54) is 0 Å². The van der Waals surface area contributed by atoms with Gasteiger partial charge in [-0.25, -0.2) is 0 Å². The largest absolute Gasteiger partial charge is 0.376 e. The van der Waals surface area contributed by atoms with Crippen molar-refractivity contribution in [1.29, 1.82) is 0 Å². The van der Waals surface area contributed by atoms with E-state index in [2.05, 4.69) is 12.1 Å². The summed E-state index contributed by atoms with van der Waals surface area (Å²) >= 11 is 0. The van der Waals surface area contributed by atoms with Gasteiger partial charge in [0.1, 0.15) is 0 Å². The Hall–Kier alpha value is -1.88. The molecule has 2 atom stereocenters. The fourth-order valence-electron chi connectivity index (χ4n) is 4.30. The summed E-state index contributed by atoms with van der Waals surface area (Å²) in [5.41, 5.74) is 1.14. The van der Waals surface area contributed by atoms with Gasteiger partial charge in [0.05, 0.1) is 12.0 Å². The van der Waals surface area contributed by atoms with Crippen LogP contribution < -0.4 is 0 Å². The molecular formula is C22H30N2O3. The van der Waals surface area contributed by atoms with Crippen molar-refractivity contribution in [3.05, 3.63) is 35.9 Å². The van der Waals surface area contributed by atoms with Crippen LogP contribution in [0.1, 0.15) is 44.1 Å². The van der Waals surface area contributed by atoms with Crippen molar-refractivity contribution in [3.63, 3.8) is 0 Å². The van der Waals surface area contributed by atoms with Crippen molar-refractivity contribution in [2.45, 2.75) is 51.2 Å². The molecular weight excluding hydrogens is 340 g/mol. The molecule has 5 heteroatoms. The van der Waals surface area contributed by atoms with Crippen molar-refractivity contribution in [3.8, 4) is 0 Å². The van der Waals surface area contributed by atoms with Gasteiger partial charge in [0.15, 0.2) is 0 Å². The molecule has 5 nitrogen and oxygen atoms in total. The maximum Gasteiger partial charge on any atom is 0.227 e. The van der Waals surface area contributed by atoms with E-state index >= 15 is 0 Å². The first-order chi connectivity index (χ1) is 13.2. The molecule has 1 aromatic carbocycles. The van der Waals surface area contributed by atoms with Crippen LogP contribution in [-0.4, -0.2) is 54.0 Å². The van der Waals surface area contributed by atoms with E-state index < -0.39 is 0 Å².